The molecule has 1 atom stereocenters. The van der Waals surface area contributed by atoms with Gasteiger partial charge in [0.2, 0.25) is 5.91 Å². The number of likely N-dealkylation sites (N-methyl/N-ethyl adjacent to an activating group) is 1. The lowest BCUT2D eigenvalue weighted by molar-refractivity contribution is -0.120. The molecule has 4 nitrogen and oxygen atoms in total. The largest absolute Gasteiger partial charge is 0.352 e. The fourth-order valence-electron chi connectivity index (χ4n) is 2.34. The molecule has 0 saturated heterocycles. The Morgan fingerprint density at radius 3 is 2.67 bits per heavy atom. The van der Waals surface area contributed by atoms with Crippen LogP contribution in [0.5, 0.6) is 0 Å². The number of nitrogens with one attached hydrogen (secondary N) is 2. The number of amides is 1. The molecule has 0 bridgehead atoms. The van der Waals surface area contributed by atoms with Crippen molar-refractivity contribution >= 4 is 5.91 Å². The average molecular weight is 255 g/mol. The zero-order valence-electron chi connectivity index (χ0n) is 12.2. The molecule has 0 aromatic rings. The van der Waals surface area contributed by atoms with Crippen LogP contribution in [0.2, 0.25) is 0 Å². The number of hydrogen-bond acceptors (Lipinski definition) is 3. The Morgan fingerprint density at radius 2 is 2.06 bits per heavy atom. The van der Waals surface area contributed by atoms with E-state index < -0.39 is 0 Å². The summed E-state index contributed by atoms with van der Waals surface area (Å²) < 4.78 is 0. The van der Waals surface area contributed by atoms with E-state index in [0.29, 0.717) is 18.6 Å². The highest BCUT2D eigenvalue weighted by Crippen LogP contribution is 2.17. The Kier molecular flexibility index (Phi) is 7.28. The van der Waals surface area contributed by atoms with Crippen LogP contribution in [-0.2, 0) is 4.79 Å². The summed E-state index contributed by atoms with van der Waals surface area (Å²) in [5.74, 6) is 0.146. The maximum Gasteiger partial charge on any atom is 0.234 e. The van der Waals surface area contributed by atoms with E-state index in [1.54, 1.807) is 0 Å². The van der Waals surface area contributed by atoms with E-state index in [9.17, 15) is 4.79 Å². The van der Waals surface area contributed by atoms with Gasteiger partial charge in [-0.05, 0) is 33.2 Å². The minimum atomic E-state index is 0.146. The van der Waals surface area contributed by atoms with Gasteiger partial charge in [0.05, 0.1) is 6.54 Å². The summed E-state index contributed by atoms with van der Waals surface area (Å²) in [5.41, 5.74) is 0. The van der Waals surface area contributed by atoms with Gasteiger partial charge in [-0.25, -0.2) is 0 Å². The summed E-state index contributed by atoms with van der Waals surface area (Å²) in [6.45, 7) is 6.74. The van der Waals surface area contributed by atoms with E-state index in [1.165, 1.54) is 19.3 Å². The minimum Gasteiger partial charge on any atom is -0.352 e. The molecule has 1 amide bonds. The maximum atomic E-state index is 11.6. The molecule has 1 saturated carbocycles. The third-order valence-corrected chi connectivity index (χ3v) is 3.99. The third-order valence-electron chi connectivity index (χ3n) is 3.99. The van der Waals surface area contributed by atoms with Crippen LogP contribution in [-0.4, -0.2) is 49.6 Å². The Hall–Kier alpha value is -0.610. The molecular weight excluding hydrogens is 226 g/mol. The van der Waals surface area contributed by atoms with Crippen molar-refractivity contribution in [3.05, 3.63) is 0 Å². The van der Waals surface area contributed by atoms with Crippen LogP contribution >= 0.6 is 0 Å². The Morgan fingerprint density at radius 1 is 1.39 bits per heavy atom. The molecule has 0 radical (unpaired) electrons. The molecule has 1 aliphatic carbocycles. The van der Waals surface area contributed by atoms with E-state index in [1.807, 2.05) is 0 Å². The van der Waals surface area contributed by atoms with E-state index in [0.717, 1.165) is 25.9 Å². The van der Waals surface area contributed by atoms with Gasteiger partial charge in [-0.15, -0.1) is 0 Å². The van der Waals surface area contributed by atoms with Crippen molar-refractivity contribution in [2.24, 2.45) is 0 Å². The second-order valence-electron chi connectivity index (χ2n) is 5.46. The summed E-state index contributed by atoms with van der Waals surface area (Å²) in [4.78, 5) is 14.0. The first-order chi connectivity index (χ1) is 8.63. The second-order valence-corrected chi connectivity index (χ2v) is 5.46. The summed E-state index contributed by atoms with van der Waals surface area (Å²) in [6, 6.07) is 1.04. The van der Waals surface area contributed by atoms with Crippen LogP contribution in [0.15, 0.2) is 0 Å². The number of hydrogen-bond donors (Lipinski definition) is 2. The van der Waals surface area contributed by atoms with Crippen molar-refractivity contribution in [2.75, 3.05) is 26.7 Å². The fraction of sp³-hybridized carbons (Fsp3) is 0.929. The van der Waals surface area contributed by atoms with Crippen molar-refractivity contribution in [3.63, 3.8) is 0 Å². The topological polar surface area (TPSA) is 44.4 Å². The number of rotatable bonds is 8. The molecule has 2 N–H and O–H groups in total. The SMILES string of the molecule is CCC(C)N(C)CCNCC(=O)NC1CCCC1. The van der Waals surface area contributed by atoms with Gasteiger partial charge in [0.25, 0.3) is 0 Å². The quantitative estimate of drug-likeness (QED) is 0.644. The third kappa shape index (κ3) is 5.83. The lowest BCUT2D eigenvalue weighted by Gasteiger charge is -2.23. The molecule has 4 heteroatoms. The van der Waals surface area contributed by atoms with Crippen LogP contribution in [0.4, 0.5) is 0 Å². The second kappa shape index (κ2) is 8.48. The van der Waals surface area contributed by atoms with Gasteiger partial charge in [0, 0.05) is 25.2 Å². The van der Waals surface area contributed by atoms with Crippen molar-refractivity contribution in [1.82, 2.24) is 15.5 Å². The molecule has 1 fully saturated rings. The highest BCUT2D eigenvalue weighted by molar-refractivity contribution is 5.78. The highest BCUT2D eigenvalue weighted by Gasteiger charge is 2.16. The lowest BCUT2D eigenvalue weighted by Crippen LogP contribution is -2.41. The standard InChI is InChI=1S/C14H29N3O/c1-4-12(2)17(3)10-9-15-11-14(18)16-13-7-5-6-8-13/h12-13,15H,4-11H2,1-3H3,(H,16,18). The molecule has 0 spiro atoms. The highest BCUT2D eigenvalue weighted by atomic mass is 16.1. The molecule has 106 valence electrons. The molecular formula is C14H29N3O. The van der Waals surface area contributed by atoms with Crippen LogP contribution in [0.3, 0.4) is 0 Å². The summed E-state index contributed by atoms with van der Waals surface area (Å²) in [7, 11) is 2.13. The molecule has 0 aromatic heterocycles. The van der Waals surface area contributed by atoms with E-state index in [-0.39, 0.29) is 5.91 Å². The van der Waals surface area contributed by atoms with Gasteiger partial charge in [-0.2, -0.15) is 0 Å². The average Bonchev–Trinajstić information content (AvgIpc) is 2.86. The van der Waals surface area contributed by atoms with Crippen LogP contribution in [0.1, 0.15) is 46.0 Å². The van der Waals surface area contributed by atoms with Crippen LogP contribution < -0.4 is 10.6 Å². The smallest absolute Gasteiger partial charge is 0.234 e. The monoisotopic (exact) mass is 255 g/mol. The number of carbonyl (C=O) groups excluding carboxylic acids is 1. The summed E-state index contributed by atoms with van der Waals surface area (Å²) in [6.07, 6.45) is 6.00. The molecule has 1 aliphatic rings. The normalized spacial score (nSPS) is 18.2. The molecule has 1 rings (SSSR count). The molecule has 0 aliphatic heterocycles. The van der Waals surface area contributed by atoms with Crippen LogP contribution in [0, 0.1) is 0 Å². The molecule has 0 aromatic carbocycles. The Balaban J connectivity index is 2.01. The summed E-state index contributed by atoms with van der Waals surface area (Å²) in [5, 5.41) is 6.30. The van der Waals surface area contributed by atoms with E-state index in [2.05, 4.69) is 36.4 Å². The molecule has 18 heavy (non-hydrogen) atoms. The number of nitrogens with zero attached hydrogens (tertiary/aromatic N) is 1. The van der Waals surface area contributed by atoms with Crippen molar-refractivity contribution in [3.8, 4) is 0 Å². The zero-order chi connectivity index (χ0) is 13.4. The predicted molar refractivity (Wildman–Crippen MR) is 75.7 cm³/mol. The van der Waals surface area contributed by atoms with Gasteiger partial charge in [0.15, 0.2) is 0 Å². The van der Waals surface area contributed by atoms with Gasteiger partial charge in [-0.1, -0.05) is 19.8 Å². The molecule has 0 heterocycles. The first-order valence-electron chi connectivity index (χ1n) is 7.33. The minimum absolute atomic E-state index is 0.146. The first kappa shape index (κ1) is 15.4. The van der Waals surface area contributed by atoms with Crippen LogP contribution in [0.25, 0.3) is 0 Å². The van der Waals surface area contributed by atoms with Crippen molar-refractivity contribution in [2.45, 2.75) is 58.0 Å². The van der Waals surface area contributed by atoms with Crippen molar-refractivity contribution < 1.29 is 4.79 Å². The predicted octanol–water partition coefficient (Wildman–Crippen LogP) is 1.37. The Bertz CT molecular complexity index is 239. The van der Waals surface area contributed by atoms with Gasteiger partial charge >= 0.3 is 0 Å². The number of carbonyl (C=O) groups is 1. The van der Waals surface area contributed by atoms with E-state index >= 15 is 0 Å². The zero-order valence-corrected chi connectivity index (χ0v) is 12.2. The van der Waals surface area contributed by atoms with Gasteiger partial charge in [-0.3, -0.25) is 4.79 Å². The fourth-order valence-corrected chi connectivity index (χ4v) is 2.34. The van der Waals surface area contributed by atoms with Crippen molar-refractivity contribution in [1.29, 1.82) is 0 Å². The lowest BCUT2D eigenvalue weighted by atomic mass is 10.2. The summed E-state index contributed by atoms with van der Waals surface area (Å²) >= 11 is 0. The van der Waals surface area contributed by atoms with Gasteiger partial charge < -0.3 is 15.5 Å². The van der Waals surface area contributed by atoms with E-state index in [4.69, 9.17) is 0 Å². The maximum absolute atomic E-state index is 11.6. The molecule has 1 unspecified atom stereocenters. The first-order valence-corrected chi connectivity index (χ1v) is 7.33. The Labute approximate surface area is 111 Å². The van der Waals surface area contributed by atoms with Gasteiger partial charge in [0.1, 0.15) is 0 Å².